The Bertz CT molecular complexity index is 907. The number of carbonyl (C=O) groups excluding carboxylic acids is 2. The average molecular weight is 390 g/mol. The topological polar surface area (TPSA) is 84.0 Å². The van der Waals surface area contributed by atoms with Gasteiger partial charge in [-0.05, 0) is 37.5 Å². The summed E-state index contributed by atoms with van der Waals surface area (Å²) in [6.07, 6.45) is 5.05. The van der Waals surface area contributed by atoms with E-state index in [1.807, 2.05) is 19.1 Å². The van der Waals surface area contributed by atoms with Crippen molar-refractivity contribution in [2.75, 3.05) is 20.2 Å². The molecule has 2 amide bonds. The normalized spacial score (nSPS) is 26.2. The number of rotatable bonds is 4. The van der Waals surface area contributed by atoms with Crippen molar-refractivity contribution in [2.24, 2.45) is 11.8 Å². The monoisotopic (exact) mass is 390 g/mol. The Labute approximate surface area is 158 Å². The van der Waals surface area contributed by atoms with Crippen LogP contribution < -0.4 is 4.74 Å². The quantitative estimate of drug-likeness (QED) is 0.572. The molecule has 0 radical (unpaired) electrons. The van der Waals surface area contributed by atoms with Gasteiger partial charge in [0.15, 0.2) is 0 Å². The lowest BCUT2D eigenvalue weighted by molar-refractivity contribution is -0.145. The zero-order valence-electron chi connectivity index (χ0n) is 15.3. The molecule has 27 heavy (non-hydrogen) atoms. The second-order valence-electron chi connectivity index (χ2n) is 7.33. The predicted octanol–water partition coefficient (Wildman–Crippen LogP) is 1.33. The van der Waals surface area contributed by atoms with Crippen molar-refractivity contribution in [1.82, 2.24) is 9.21 Å². The number of hydrogen-bond donors (Lipinski definition) is 0. The Hall–Kier alpha value is -2.19. The van der Waals surface area contributed by atoms with Gasteiger partial charge in [-0.1, -0.05) is 18.2 Å². The third-order valence-corrected chi connectivity index (χ3v) is 7.53. The van der Waals surface area contributed by atoms with Gasteiger partial charge in [-0.15, -0.1) is 0 Å². The van der Waals surface area contributed by atoms with E-state index < -0.39 is 10.0 Å². The lowest BCUT2D eigenvalue weighted by Crippen LogP contribution is -2.62. The summed E-state index contributed by atoms with van der Waals surface area (Å²) < 4.78 is 32.4. The van der Waals surface area contributed by atoms with Crippen molar-refractivity contribution >= 4 is 21.8 Å². The smallest absolute Gasteiger partial charge is 0.246 e. The van der Waals surface area contributed by atoms with Crippen LogP contribution in [0.15, 0.2) is 35.2 Å². The van der Waals surface area contributed by atoms with E-state index in [0.29, 0.717) is 12.8 Å². The molecule has 8 heteroatoms. The molecule has 2 saturated heterocycles. The Balaban J connectivity index is 1.52. The van der Waals surface area contributed by atoms with Crippen molar-refractivity contribution in [3.63, 3.8) is 0 Å². The molecule has 0 unspecified atom stereocenters. The summed E-state index contributed by atoms with van der Waals surface area (Å²) in [5, 5.41) is 0. The number of likely N-dealkylation sites (tertiary alicyclic amines) is 1. The van der Waals surface area contributed by atoms with Crippen molar-refractivity contribution in [1.29, 1.82) is 0 Å². The zero-order valence-corrected chi connectivity index (χ0v) is 16.1. The summed E-state index contributed by atoms with van der Waals surface area (Å²) in [7, 11) is -2.31. The van der Waals surface area contributed by atoms with E-state index in [2.05, 4.69) is 0 Å². The van der Waals surface area contributed by atoms with Crippen LogP contribution in [-0.4, -0.2) is 55.7 Å². The maximum absolute atomic E-state index is 13.0. The second kappa shape index (κ2) is 6.45. The summed E-state index contributed by atoms with van der Waals surface area (Å²) in [5.74, 6) is -0.612. The van der Waals surface area contributed by atoms with Gasteiger partial charge >= 0.3 is 0 Å². The number of aryl methyl sites for hydroxylation is 1. The number of hydrogen-bond acceptors (Lipinski definition) is 5. The molecule has 2 heterocycles. The van der Waals surface area contributed by atoms with Crippen LogP contribution in [0.3, 0.4) is 0 Å². The van der Waals surface area contributed by atoms with Gasteiger partial charge in [0, 0.05) is 13.1 Å². The van der Waals surface area contributed by atoms with Crippen LogP contribution in [0.1, 0.15) is 18.4 Å². The van der Waals surface area contributed by atoms with Gasteiger partial charge in [-0.25, -0.2) is 8.42 Å². The molecule has 0 saturated carbocycles. The first kappa shape index (κ1) is 18.2. The zero-order chi connectivity index (χ0) is 19.3. The highest BCUT2D eigenvalue weighted by atomic mass is 32.2. The summed E-state index contributed by atoms with van der Waals surface area (Å²) >= 11 is 0. The first-order valence-electron chi connectivity index (χ1n) is 9.01. The van der Waals surface area contributed by atoms with E-state index in [0.717, 1.165) is 5.56 Å². The van der Waals surface area contributed by atoms with Crippen molar-refractivity contribution in [3.8, 4) is 5.75 Å². The first-order valence-corrected chi connectivity index (χ1v) is 10.5. The van der Waals surface area contributed by atoms with Crippen molar-refractivity contribution in [2.45, 2.75) is 30.7 Å². The summed E-state index contributed by atoms with van der Waals surface area (Å²) in [6, 6.07) is 4.60. The fourth-order valence-electron chi connectivity index (χ4n) is 4.09. The van der Waals surface area contributed by atoms with Crippen LogP contribution in [0.5, 0.6) is 5.75 Å². The molecule has 2 atom stereocenters. The molecule has 7 nitrogen and oxygen atoms in total. The Morgan fingerprint density at radius 1 is 1.04 bits per heavy atom. The molecule has 2 aliphatic heterocycles. The maximum atomic E-state index is 13.0. The molecule has 1 aliphatic carbocycles. The molecule has 3 aliphatic rings. The largest absolute Gasteiger partial charge is 0.495 e. The van der Waals surface area contributed by atoms with Gasteiger partial charge in [0.1, 0.15) is 10.6 Å². The number of methoxy groups -OCH3 is 1. The summed E-state index contributed by atoms with van der Waals surface area (Å²) in [6.45, 7) is 2.07. The lowest BCUT2D eigenvalue weighted by atomic mass is 9.85. The van der Waals surface area contributed by atoms with Gasteiger partial charge in [0.2, 0.25) is 21.8 Å². The first-order chi connectivity index (χ1) is 12.8. The van der Waals surface area contributed by atoms with Gasteiger partial charge in [-0.2, -0.15) is 4.31 Å². The van der Waals surface area contributed by atoms with Gasteiger partial charge in [0.05, 0.1) is 25.0 Å². The fourth-order valence-corrected chi connectivity index (χ4v) is 5.84. The minimum atomic E-state index is -3.74. The molecule has 1 aromatic carbocycles. The van der Waals surface area contributed by atoms with E-state index in [1.54, 1.807) is 18.2 Å². The Morgan fingerprint density at radius 2 is 1.63 bits per heavy atom. The maximum Gasteiger partial charge on any atom is 0.246 e. The number of imide groups is 1. The number of carbonyl (C=O) groups is 2. The van der Waals surface area contributed by atoms with Crippen LogP contribution in [0.25, 0.3) is 0 Å². The predicted molar refractivity (Wildman–Crippen MR) is 97.5 cm³/mol. The second-order valence-corrected chi connectivity index (χ2v) is 9.24. The molecule has 0 N–H and O–H groups in total. The SMILES string of the molecule is COc1ccc(C)cc1S(=O)(=O)N1CC(N2C(=O)[C@H]3CC=CC[C@@H]3C2=O)C1. The third kappa shape index (κ3) is 2.78. The minimum Gasteiger partial charge on any atom is -0.495 e. The average Bonchev–Trinajstić information content (AvgIpc) is 2.86. The number of sulfonamides is 1. The van der Waals surface area contributed by atoms with Crippen LogP contribution >= 0.6 is 0 Å². The highest BCUT2D eigenvalue weighted by molar-refractivity contribution is 7.89. The number of nitrogens with zero attached hydrogens (tertiary/aromatic N) is 2. The van der Waals surface area contributed by atoms with Crippen LogP contribution in [0, 0.1) is 18.8 Å². The highest BCUT2D eigenvalue weighted by Gasteiger charge is 2.53. The van der Waals surface area contributed by atoms with Crippen molar-refractivity contribution < 1.29 is 22.7 Å². The van der Waals surface area contributed by atoms with Crippen LogP contribution in [0.4, 0.5) is 0 Å². The molecule has 0 aromatic heterocycles. The molecule has 0 bridgehead atoms. The molecule has 2 fully saturated rings. The number of benzene rings is 1. The van der Waals surface area contributed by atoms with E-state index in [1.165, 1.54) is 16.3 Å². The van der Waals surface area contributed by atoms with Gasteiger partial charge < -0.3 is 4.74 Å². The number of allylic oxidation sites excluding steroid dienone is 2. The minimum absolute atomic E-state index is 0.111. The molecule has 1 aromatic rings. The lowest BCUT2D eigenvalue weighted by Gasteiger charge is -2.42. The van der Waals surface area contributed by atoms with Crippen LogP contribution in [0.2, 0.25) is 0 Å². The standard InChI is InChI=1S/C19H22N2O5S/c1-12-7-8-16(26-2)17(9-12)27(24,25)20-10-13(11-20)21-18(22)14-5-3-4-6-15(14)19(21)23/h3-4,7-9,13-15H,5-6,10-11H2,1-2H3/t14-,15-/m0/s1. The van der Waals surface area contributed by atoms with E-state index in [4.69, 9.17) is 4.74 Å². The molecule has 0 spiro atoms. The highest BCUT2D eigenvalue weighted by Crippen LogP contribution is 2.39. The van der Waals surface area contributed by atoms with Gasteiger partial charge in [-0.3, -0.25) is 14.5 Å². The number of fused-ring (bicyclic) bond motifs is 1. The van der Waals surface area contributed by atoms with Gasteiger partial charge in [0.25, 0.3) is 0 Å². The Kier molecular flexibility index (Phi) is 4.35. The fraction of sp³-hybridized carbons (Fsp3) is 0.474. The molecular formula is C19H22N2O5S. The summed E-state index contributed by atoms with van der Waals surface area (Å²) in [5.41, 5.74) is 0.813. The van der Waals surface area contributed by atoms with E-state index >= 15 is 0 Å². The number of ether oxygens (including phenoxy) is 1. The number of amides is 2. The Morgan fingerprint density at radius 3 is 2.19 bits per heavy atom. The third-order valence-electron chi connectivity index (χ3n) is 5.67. The van der Waals surface area contributed by atoms with Crippen LogP contribution in [-0.2, 0) is 19.6 Å². The van der Waals surface area contributed by atoms with E-state index in [9.17, 15) is 18.0 Å². The molecular weight excluding hydrogens is 368 g/mol. The summed E-state index contributed by atoms with van der Waals surface area (Å²) in [4.78, 5) is 26.7. The van der Waals surface area contributed by atoms with E-state index in [-0.39, 0.29) is 53.4 Å². The molecule has 4 rings (SSSR count). The van der Waals surface area contributed by atoms with Crippen molar-refractivity contribution in [3.05, 3.63) is 35.9 Å². The molecule has 144 valence electrons.